The number of alkyl halides is 3. The molecule has 0 bridgehead atoms. The van der Waals surface area contributed by atoms with E-state index in [0.29, 0.717) is 16.8 Å². The number of hydrogen-bond acceptors (Lipinski definition) is 4. The SMILES string of the molecule is CCN1SCc2c1c(Cl)cc(F)c2-n1c(=O)cc(C(F)(F)F)[nH]c1=O. The summed E-state index contributed by atoms with van der Waals surface area (Å²) in [6.07, 6.45) is -4.90. The van der Waals surface area contributed by atoms with E-state index in [9.17, 15) is 27.2 Å². The van der Waals surface area contributed by atoms with Crippen LogP contribution in [0.1, 0.15) is 18.2 Å². The number of aromatic nitrogens is 2. The van der Waals surface area contributed by atoms with Crippen molar-refractivity contribution in [2.75, 3.05) is 10.8 Å². The molecular formula is C14H10ClF4N3O2S. The number of nitrogens with one attached hydrogen (secondary N) is 1. The molecule has 3 rings (SSSR count). The molecule has 0 atom stereocenters. The number of fused-ring (bicyclic) bond motifs is 1. The van der Waals surface area contributed by atoms with Crippen LogP contribution >= 0.6 is 23.5 Å². The molecule has 0 saturated heterocycles. The van der Waals surface area contributed by atoms with E-state index < -0.39 is 28.9 Å². The Hall–Kier alpha value is -1.94. The molecule has 1 aliphatic rings. The lowest BCUT2D eigenvalue weighted by Crippen LogP contribution is -2.37. The van der Waals surface area contributed by atoms with Gasteiger partial charge < -0.3 is 9.29 Å². The standard InChI is InChI=1S/C14H10ClF4N3O2S/c1-2-21-11-6(5-25-21)12(8(16)3-7(11)15)22-10(23)4-9(14(17,18)19)20-13(22)24/h3-4H,2,5H2,1H3,(H,20,24). The monoisotopic (exact) mass is 395 g/mol. The average Bonchev–Trinajstić information content (AvgIpc) is 2.92. The molecule has 0 aliphatic carbocycles. The van der Waals surface area contributed by atoms with Crippen LogP contribution in [0.15, 0.2) is 21.7 Å². The van der Waals surface area contributed by atoms with Gasteiger partial charge in [-0.2, -0.15) is 13.2 Å². The lowest BCUT2D eigenvalue weighted by molar-refractivity contribution is -0.141. The van der Waals surface area contributed by atoms with Crippen LogP contribution in [-0.2, 0) is 11.9 Å². The summed E-state index contributed by atoms with van der Waals surface area (Å²) in [5.74, 6) is -0.738. The van der Waals surface area contributed by atoms with Crippen molar-refractivity contribution >= 4 is 29.2 Å². The molecule has 0 saturated carbocycles. The van der Waals surface area contributed by atoms with Gasteiger partial charge in [0, 0.05) is 23.9 Å². The minimum absolute atomic E-state index is 0.0967. The van der Waals surface area contributed by atoms with Crippen molar-refractivity contribution in [2.24, 2.45) is 0 Å². The predicted octanol–water partition coefficient (Wildman–Crippen LogP) is 3.33. The second kappa shape index (κ2) is 6.10. The molecule has 1 N–H and O–H groups in total. The van der Waals surface area contributed by atoms with Gasteiger partial charge in [0.1, 0.15) is 11.5 Å². The minimum atomic E-state index is -4.90. The number of halogens is 5. The molecule has 0 amide bonds. The van der Waals surface area contributed by atoms with E-state index in [1.165, 1.54) is 11.9 Å². The van der Waals surface area contributed by atoms with Crippen molar-refractivity contribution in [1.82, 2.24) is 9.55 Å². The first-order valence-corrected chi connectivity index (χ1v) is 8.32. The number of benzene rings is 1. The van der Waals surface area contributed by atoms with Crippen molar-refractivity contribution in [1.29, 1.82) is 0 Å². The first kappa shape index (κ1) is 17.9. The maximum Gasteiger partial charge on any atom is 0.431 e. The van der Waals surface area contributed by atoms with E-state index in [1.54, 1.807) is 9.29 Å². The van der Waals surface area contributed by atoms with E-state index in [2.05, 4.69) is 0 Å². The van der Waals surface area contributed by atoms with Gasteiger partial charge >= 0.3 is 11.9 Å². The molecular weight excluding hydrogens is 386 g/mol. The maximum absolute atomic E-state index is 14.5. The molecule has 0 radical (unpaired) electrons. The Balaban J connectivity index is 2.31. The summed E-state index contributed by atoms with van der Waals surface area (Å²) in [4.78, 5) is 25.8. The van der Waals surface area contributed by atoms with Crippen LogP contribution in [0.4, 0.5) is 23.2 Å². The highest BCUT2D eigenvalue weighted by atomic mass is 35.5. The summed E-state index contributed by atoms with van der Waals surface area (Å²) in [6, 6.07) is 1.16. The number of rotatable bonds is 2. The van der Waals surface area contributed by atoms with Crippen LogP contribution in [0, 0.1) is 5.82 Å². The summed E-state index contributed by atoms with van der Waals surface area (Å²) >= 11 is 7.35. The molecule has 0 fully saturated rings. The van der Waals surface area contributed by atoms with Crippen molar-refractivity contribution in [2.45, 2.75) is 18.9 Å². The Morgan fingerprint density at radius 2 is 1.96 bits per heavy atom. The van der Waals surface area contributed by atoms with E-state index in [0.717, 1.165) is 6.07 Å². The van der Waals surface area contributed by atoms with Gasteiger partial charge in [-0.1, -0.05) is 11.6 Å². The highest BCUT2D eigenvalue weighted by Crippen LogP contribution is 2.45. The molecule has 2 heterocycles. The zero-order chi connectivity index (χ0) is 18.5. The topological polar surface area (TPSA) is 58.1 Å². The highest BCUT2D eigenvalue weighted by molar-refractivity contribution is 8.00. The first-order chi connectivity index (χ1) is 11.6. The van der Waals surface area contributed by atoms with Crippen LogP contribution in [0.5, 0.6) is 0 Å². The van der Waals surface area contributed by atoms with Crippen molar-refractivity contribution in [3.05, 3.63) is 55.1 Å². The van der Waals surface area contributed by atoms with Gasteiger partial charge in [0.05, 0.1) is 16.4 Å². The summed E-state index contributed by atoms with van der Waals surface area (Å²) in [6.45, 7) is 2.36. The van der Waals surface area contributed by atoms with Crippen LogP contribution in [-0.4, -0.2) is 16.1 Å². The van der Waals surface area contributed by atoms with Crippen LogP contribution in [0.25, 0.3) is 5.69 Å². The smallest absolute Gasteiger partial charge is 0.314 e. The molecule has 5 nitrogen and oxygen atoms in total. The first-order valence-electron chi connectivity index (χ1n) is 7.00. The molecule has 0 unspecified atom stereocenters. The third kappa shape index (κ3) is 2.93. The Morgan fingerprint density at radius 1 is 1.28 bits per heavy atom. The summed E-state index contributed by atoms with van der Waals surface area (Å²) in [5.41, 5.74) is -3.80. The third-order valence-electron chi connectivity index (χ3n) is 3.64. The van der Waals surface area contributed by atoms with Gasteiger partial charge in [-0.15, -0.1) is 0 Å². The maximum atomic E-state index is 14.5. The fourth-order valence-corrected chi connectivity index (χ4v) is 4.05. The Bertz CT molecular complexity index is 939. The largest absolute Gasteiger partial charge is 0.431 e. The zero-order valence-corrected chi connectivity index (χ0v) is 14.2. The van der Waals surface area contributed by atoms with E-state index in [-0.39, 0.29) is 28.1 Å². The molecule has 0 spiro atoms. The van der Waals surface area contributed by atoms with Gasteiger partial charge in [-0.25, -0.2) is 13.8 Å². The van der Waals surface area contributed by atoms with Gasteiger partial charge in [0.2, 0.25) is 0 Å². The second-order valence-electron chi connectivity index (χ2n) is 5.14. The van der Waals surface area contributed by atoms with E-state index >= 15 is 0 Å². The van der Waals surface area contributed by atoms with Crippen LogP contribution in [0.3, 0.4) is 0 Å². The Labute approximate surface area is 147 Å². The number of aromatic amines is 1. The summed E-state index contributed by atoms with van der Waals surface area (Å²) in [5, 5.41) is 0.0967. The normalized spacial score (nSPS) is 14.1. The molecule has 1 aromatic heterocycles. The lowest BCUT2D eigenvalue weighted by Gasteiger charge is -2.18. The Morgan fingerprint density at radius 3 is 2.52 bits per heavy atom. The molecule has 1 aromatic carbocycles. The highest BCUT2D eigenvalue weighted by Gasteiger charge is 2.34. The van der Waals surface area contributed by atoms with Crippen LogP contribution < -0.4 is 15.6 Å². The molecule has 134 valence electrons. The van der Waals surface area contributed by atoms with E-state index in [1.807, 2.05) is 6.92 Å². The molecule has 25 heavy (non-hydrogen) atoms. The van der Waals surface area contributed by atoms with E-state index in [4.69, 9.17) is 11.6 Å². The minimum Gasteiger partial charge on any atom is -0.314 e. The number of H-pyrrole nitrogens is 1. The van der Waals surface area contributed by atoms with Gasteiger partial charge in [-0.05, 0) is 24.9 Å². The van der Waals surface area contributed by atoms with Gasteiger partial charge in [0.15, 0.2) is 0 Å². The van der Waals surface area contributed by atoms with Gasteiger partial charge in [0.25, 0.3) is 5.56 Å². The third-order valence-corrected chi connectivity index (χ3v) is 5.10. The molecule has 2 aromatic rings. The molecule has 11 heteroatoms. The van der Waals surface area contributed by atoms with Crippen molar-refractivity contribution in [3.63, 3.8) is 0 Å². The fourth-order valence-electron chi connectivity index (χ4n) is 2.61. The number of hydrogen-bond donors (Lipinski definition) is 1. The fraction of sp³-hybridized carbons (Fsp3) is 0.286. The Kier molecular flexibility index (Phi) is 4.36. The lowest BCUT2D eigenvalue weighted by atomic mass is 10.1. The zero-order valence-electron chi connectivity index (χ0n) is 12.6. The number of nitrogens with zero attached hydrogens (tertiary/aromatic N) is 2. The van der Waals surface area contributed by atoms with Crippen molar-refractivity contribution in [3.8, 4) is 5.69 Å². The van der Waals surface area contributed by atoms with Crippen LogP contribution in [0.2, 0.25) is 5.02 Å². The summed E-state index contributed by atoms with van der Waals surface area (Å²) < 4.78 is 54.7. The quantitative estimate of drug-likeness (QED) is 0.626. The van der Waals surface area contributed by atoms with Crippen molar-refractivity contribution < 1.29 is 17.6 Å². The predicted molar refractivity (Wildman–Crippen MR) is 86.9 cm³/mol. The van der Waals surface area contributed by atoms with Gasteiger partial charge in [-0.3, -0.25) is 4.79 Å². The molecule has 1 aliphatic heterocycles. The average molecular weight is 396 g/mol. The summed E-state index contributed by atoms with van der Waals surface area (Å²) in [7, 11) is 0. The number of anilines is 1. The second-order valence-corrected chi connectivity index (χ2v) is 6.54.